The van der Waals surface area contributed by atoms with Crippen LogP contribution in [0.1, 0.15) is 38.5 Å². The van der Waals surface area contributed by atoms with E-state index in [-0.39, 0.29) is 18.0 Å². The first-order valence-corrected chi connectivity index (χ1v) is 11.2. The molecule has 8 heteroatoms. The lowest BCUT2D eigenvalue weighted by atomic mass is 10.2. The van der Waals surface area contributed by atoms with Gasteiger partial charge in [-0.05, 0) is 51.0 Å². The quantitative estimate of drug-likeness (QED) is 0.694. The third kappa shape index (κ3) is 5.36. The molecule has 8 nitrogen and oxygen atoms in total. The van der Waals surface area contributed by atoms with Crippen molar-refractivity contribution in [2.24, 2.45) is 0 Å². The van der Waals surface area contributed by atoms with Crippen LogP contribution in [0.2, 0.25) is 0 Å². The molecule has 0 aromatic heterocycles. The number of nitrogens with one attached hydrogen (secondary N) is 2. The summed E-state index contributed by atoms with van der Waals surface area (Å²) in [6.07, 6.45) is 6.48. The number of hydrogen-bond donors (Lipinski definition) is 2. The highest BCUT2D eigenvalue weighted by molar-refractivity contribution is 5.97. The lowest BCUT2D eigenvalue weighted by molar-refractivity contribution is -0.117. The third-order valence-corrected chi connectivity index (χ3v) is 5.93. The van der Waals surface area contributed by atoms with Crippen LogP contribution in [0.25, 0.3) is 0 Å². The largest absolute Gasteiger partial charge is 0.486 e. The zero-order chi connectivity index (χ0) is 20.8. The lowest BCUT2D eigenvalue weighted by Crippen LogP contribution is -2.44. The lowest BCUT2D eigenvalue weighted by Gasteiger charge is -2.22. The van der Waals surface area contributed by atoms with Gasteiger partial charge in [0.05, 0.1) is 6.04 Å². The molecule has 0 radical (unpaired) electrons. The minimum atomic E-state index is -0.201. The summed E-state index contributed by atoms with van der Waals surface area (Å²) in [6, 6.07) is 5.12. The SMILES string of the molecule is O=C(NCCCN1CCCCCC1)NC1CC(=O)N(c2ccc3c(c2)OCCO3)C1. The first-order chi connectivity index (χ1) is 14.7. The van der Waals surface area contributed by atoms with Crippen molar-refractivity contribution in [1.82, 2.24) is 15.5 Å². The van der Waals surface area contributed by atoms with Gasteiger partial charge in [-0.2, -0.15) is 0 Å². The van der Waals surface area contributed by atoms with E-state index in [0.29, 0.717) is 44.2 Å². The maximum absolute atomic E-state index is 12.5. The maximum Gasteiger partial charge on any atom is 0.315 e. The molecule has 4 rings (SSSR count). The van der Waals surface area contributed by atoms with Gasteiger partial charge in [0.25, 0.3) is 0 Å². The molecule has 1 aromatic rings. The van der Waals surface area contributed by atoms with Gasteiger partial charge in [0.1, 0.15) is 13.2 Å². The molecule has 0 spiro atoms. The maximum atomic E-state index is 12.5. The van der Waals surface area contributed by atoms with Gasteiger partial charge in [-0.1, -0.05) is 12.8 Å². The van der Waals surface area contributed by atoms with Crippen LogP contribution in [-0.2, 0) is 4.79 Å². The van der Waals surface area contributed by atoms with Gasteiger partial charge in [-0.15, -0.1) is 0 Å². The van der Waals surface area contributed by atoms with E-state index in [2.05, 4.69) is 15.5 Å². The fourth-order valence-corrected chi connectivity index (χ4v) is 4.35. The number of ether oxygens (including phenoxy) is 2. The molecule has 2 N–H and O–H groups in total. The number of carbonyl (C=O) groups is 2. The van der Waals surface area contributed by atoms with Gasteiger partial charge in [0, 0.05) is 31.3 Å². The number of fused-ring (bicyclic) bond motifs is 1. The molecule has 1 unspecified atom stereocenters. The van der Waals surface area contributed by atoms with Crippen LogP contribution in [0.15, 0.2) is 18.2 Å². The average molecular weight is 417 g/mol. The molecule has 0 aliphatic carbocycles. The topological polar surface area (TPSA) is 83.1 Å². The van der Waals surface area contributed by atoms with E-state index < -0.39 is 0 Å². The average Bonchev–Trinajstić information content (AvgIpc) is 2.94. The number of urea groups is 1. The Bertz CT molecular complexity index is 749. The molecular formula is C22H32N4O4. The molecule has 3 aliphatic heterocycles. The van der Waals surface area contributed by atoms with Crippen molar-refractivity contribution in [2.75, 3.05) is 50.8 Å². The molecule has 0 saturated carbocycles. The van der Waals surface area contributed by atoms with Crippen LogP contribution < -0.4 is 25.0 Å². The molecule has 2 fully saturated rings. The fourth-order valence-electron chi connectivity index (χ4n) is 4.35. The van der Waals surface area contributed by atoms with Crippen molar-refractivity contribution in [3.05, 3.63) is 18.2 Å². The monoisotopic (exact) mass is 416 g/mol. The molecule has 2 saturated heterocycles. The fraction of sp³-hybridized carbons (Fsp3) is 0.636. The Balaban J connectivity index is 1.20. The van der Waals surface area contributed by atoms with Crippen LogP contribution in [-0.4, -0.2) is 68.8 Å². The van der Waals surface area contributed by atoms with Gasteiger partial charge in [-0.25, -0.2) is 4.79 Å². The highest BCUT2D eigenvalue weighted by Crippen LogP contribution is 2.35. The highest BCUT2D eigenvalue weighted by Gasteiger charge is 2.32. The molecule has 1 aromatic carbocycles. The Morgan fingerprint density at radius 2 is 1.83 bits per heavy atom. The minimum Gasteiger partial charge on any atom is -0.486 e. The Morgan fingerprint density at radius 3 is 2.63 bits per heavy atom. The van der Waals surface area contributed by atoms with Crippen molar-refractivity contribution in [2.45, 2.75) is 44.6 Å². The zero-order valence-corrected chi connectivity index (χ0v) is 17.5. The van der Waals surface area contributed by atoms with Crippen molar-refractivity contribution in [3.8, 4) is 11.5 Å². The summed E-state index contributed by atoms with van der Waals surface area (Å²) < 4.78 is 11.1. The van der Waals surface area contributed by atoms with E-state index in [1.807, 2.05) is 18.2 Å². The number of carbonyl (C=O) groups excluding carboxylic acids is 2. The molecule has 0 bridgehead atoms. The van der Waals surface area contributed by atoms with Crippen molar-refractivity contribution < 1.29 is 19.1 Å². The van der Waals surface area contributed by atoms with Crippen LogP contribution in [0.3, 0.4) is 0 Å². The summed E-state index contributed by atoms with van der Waals surface area (Å²) in [5.74, 6) is 1.36. The predicted molar refractivity (Wildman–Crippen MR) is 114 cm³/mol. The molecule has 3 heterocycles. The van der Waals surface area contributed by atoms with Crippen LogP contribution >= 0.6 is 0 Å². The number of amides is 3. The second kappa shape index (κ2) is 10.0. The van der Waals surface area contributed by atoms with Crippen molar-refractivity contribution in [1.29, 1.82) is 0 Å². The van der Waals surface area contributed by atoms with Gasteiger partial charge >= 0.3 is 6.03 Å². The smallest absolute Gasteiger partial charge is 0.315 e. The number of hydrogen-bond acceptors (Lipinski definition) is 5. The molecular weight excluding hydrogens is 384 g/mol. The summed E-state index contributed by atoms with van der Waals surface area (Å²) >= 11 is 0. The number of anilines is 1. The van der Waals surface area contributed by atoms with Crippen LogP contribution in [0, 0.1) is 0 Å². The zero-order valence-electron chi connectivity index (χ0n) is 17.5. The summed E-state index contributed by atoms with van der Waals surface area (Å²) in [5, 5.41) is 5.87. The predicted octanol–water partition coefficient (Wildman–Crippen LogP) is 2.13. The van der Waals surface area contributed by atoms with E-state index >= 15 is 0 Å². The van der Waals surface area contributed by atoms with Gasteiger partial charge in [-0.3, -0.25) is 4.79 Å². The summed E-state index contributed by atoms with van der Waals surface area (Å²) in [4.78, 5) is 28.9. The Labute approximate surface area is 177 Å². The van der Waals surface area contributed by atoms with E-state index in [1.54, 1.807) is 4.90 Å². The molecule has 30 heavy (non-hydrogen) atoms. The summed E-state index contributed by atoms with van der Waals surface area (Å²) in [7, 11) is 0. The Kier molecular flexibility index (Phi) is 6.94. The minimum absolute atomic E-state index is 0.00172. The number of nitrogens with zero attached hydrogens (tertiary/aromatic N) is 2. The van der Waals surface area contributed by atoms with Gasteiger partial charge in [0.2, 0.25) is 5.91 Å². The van der Waals surface area contributed by atoms with Crippen LogP contribution in [0.4, 0.5) is 10.5 Å². The van der Waals surface area contributed by atoms with Crippen molar-refractivity contribution >= 4 is 17.6 Å². The van der Waals surface area contributed by atoms with Crippen molar-refractivity contribution in [3.63, 3.8) is 0 Å². The summed E-state index contributed by atoms with van der Waals surface area (Å²) in [5.41, 5.74) is 0.770. The molecule has 164 valence electrons. The second-order valence-electron chi connectivity index (χ2n) is 8.24. The normalized spacial score (nSPS) is 21.9. The van der Waals surface area contributed by atoms with E-state index in [4.69, 9.17) is 9.47 Å². The van der Waals surface area contributed by atoms with Gasteiger partial charge < -0.3 is 29.9 Å². The first kappa shape index (κ1) is 20.8. The highest BCUT2D eigenvalue weighted by atomic mass is 16.6. The van der Waals surface area contributed by atoms with Gasteiger partial charge in [0.15, 0.2) is 11.5 Å². The Hall–Kier alpha value is -2.48. The number of rotatable bonds is 6. The molecule has 1 atom stereocenters. The number of benzene rings is 1. The van der Waals surface area contributed by atoms with E-state index in [9.17, 15) is 9.59 Å². The second-order valence-corrected chi connectivity index (χ2v) is 8.24. The van der Waals surface area contributed by atoms with E-state index in [1.165, 1.54) is 38.8 Å². The molecule has 3 aliphatic rings. The first-order valence-electron chi connectivity index (χ1n) is 11.2. The van der Waals surface area contributed by atoms with Crippen LogP contribution in [0.5, 0.6) is 11.5 Å². The Morgan fingerprint density at radius 1 is 1.07 bits per heavy atom. The van der Waals surface area contributed by atoms with E-state index in [0.717, 1.165) is 18.7 Å². The molecule has 3 amide bonds. The standard InChI is InChI=1S/C22H32N4O4/c27-21-14-17(16-26(21)18-6-7-19-20(15-18)30-13-12-29-19)24-22(28)23-8-5-11-25-9-3-1-2-4-10-25/h6-7,15,17H,1-5,8-14,16H2,(H2,23,24,28). The third-order valence-electron chi connectivity index (χ3n) is 5.93. The summed E-state index contributed by atoms with van der Waals surface area (Å²) in [6.45, 7) is 5.52. The number of likely N-dealkylation sites (tertiary alicyclic amines) is 1.